The number of ketones is 1. The minimum Gasteiger partial charge on any atom is -0.493 e. The van der Waals surface area contributed by atoms with E-state index in [4.69, 9.17) is 9.47 Å². The van der Waals surface area contributed by atoms with Crippen LogP contribution >= 0.6 is 15.9 Å². The summed E-state index contributed by atoms with van der Waals surface area (Å²) in [5.74, 6) is 1.21. The second kappa shape index (κ2) is 9.06. The van der Waals surface area contributed by atoms with Gasteiger partial charge in [0.15, 0.2) is 17.3 Å². The molecular weight excluding hydrogens is 422 g/mol. The first-order valence-corrected chi connectivity index (χ1v) is 9.96. The van der Waals surface area contributed by atoms with Gasteiger partial charge in [0, 0.05) is 24.2 Å². The molecule has 0 N–H and O–H groups in total. The number of allylic oxidation sites excluding steroid dienone is 1. The molecule has 0 radical (unpaired) electrons. The normalized spacial score (nSPS) is 14.0. The summed E-state index contributed by atoms with van der Waals surface area (Å²) >= 11 is 3.48. The van der Waals surface area contributed by atoms with Gasteiger partial charge in [-0.3, -0.25) is 9.59 Å². The Morgan fingerprint density at radius 1 is 1.29 bits per heavy atom. The van der Waals surface area contributed by atoms with Crippen molar-refractivity contribution in [3.05, 3.63) is 58.1 Å². The molecule has 1 amide bonds. The smallest absolute Gasteiger partial charge is 0.227 e. The summed E-state index contributed by atoms with van der Waals surface area (Å²) in [5, 5.41) is 0. The van der Waals surface area contributed by atoms with Gasteiger partial charge in [-0.25, -0.2) is 0 Å². The molecular formula is C22H22BrNO4. The van der Waals surface area contributed by atoms with Crippen LogP contribution < -0.4 is 14.4 Å². The molecule has 0 aliphatic carbocycles. The van der Waals surface area contributed by atoms with Crippen LogP contribution in [0.1, 0.15) is 35.7 Å². The second-order valence-electron chi connectivity index (χ2n) is 6.36. The maximum Gasteiger partial charge on any atom is 0.227 e. The maximum absolute atomic E-state index is 12.6. The third-order valence-corrected chi connectivity index (χ3v) is 5.07. The molecule has 2 aromatic carbocycles. The number of rotatable bonds is 7. The van der Waals surface area contributed by atoms with E-state index in [1.165, 1.54) is 6.08 Å². The van der Waals surface area contributed by atoms with E-state index < -0.39 is 0 Å². The molecule has 1 saturated heterocycles. The Morgan fingerprint density at radius 2 is 2.11 bits per heavy atom. The standard InChI is InChI=1S/C22H22BrNO4/c1-3-28-22-18(23)12-15(13-20(22)27-2)9-10-19(25)16-6-4-7-17(14-16)24-11-5-8-21(24)26/h4,6-7,9-10,12-14H,3,5,8,11H2,1-2H3. The molecule has 0 atom stereocenters. The first-order chi connectivity index (χ1) is 13.5. The van der Waals surface area contributed by atoms with Crippen LogP contribution in [-0.2, 0) is 4.79 Å². The summed E-state index contributed by atoms with van der Waals surface area (Å²) in [6.45, 7) is 3.13. The number of benzene rings is 2. The van der Waals surface area contributed by atoms with Crippen molar-refractivity contribution in [1.29, 1.82) is 0 Å². The SMILES string of the molecule is CCOc1c(Br)cc(C=CC(=O)c2cccc(N3CCCC3=O)c2)cc1OC. The first kappa shape index (κ1) is 20.1. The monoisotopic (exact) mass is 443 g/mol. The Morgan fingerprint density at radius 3 is 2.79 bits per heavy atom. The fraction of sp³-hybridized carbons (Fsp3) is 0.273. The third kappa shape index (κ3) is 4.44. The van der Waals surface area contributed by atoms with Crippen molar-refractivity contribution in [2.24, 2.45) is 0 Å². The van der Waals surface area contributed by atoms with E-state index in [-0.39, 0.29) is 11.7 Å². The molecule has 5 nitrogen and oxygen atoms in total. The van der Waals surface area contributed by atoms with Crippen molar-refractivity contribution in [1.82, 2.24) is 0 Å². The number of anilines is 1. The lowest BCUT2D eigenvalue weighted by Crippen LogP contribution is -2.23. The zero-order valence-electron chi connectivity index (χ0n) is 15.9. The van der Waals surface area contributed by atoms with Crippen LogP contribution in [0.2, 0.25) is 0 Å². The molecule has 6 heteroatoms. The predicted molar refractivity (Wildman–Crippen MR) is 113 cm³/mol. The minimum atomic E-state index is -0.127. The molecule has 146 valence electrons. The Bertz CT molecular complexity index is 923. The van der Waals surface area contributed by atoms with Crippen molar-refractivity contribution >= 4 is 39.4 Å². The minimum absolute atomic E-state index is 0.103. The van der Waals surface area contributed by atoms with Gasteiger partial charge < -0.3 is 14.4 Å². The van der Waals surface area contributed by atoms with Crippen LogP contribution in [-0.4, -0.2) is 32.0 Å². The quantitative estimate of drug-likeness (QED) is 0.451. The number of carbonyl (C=O) groups is 2. The number of amides is 1. The molecule has 1 aliphatic heterocycles. The molecule has 2 aromatic rings. The summed E-state index contributed by atoms with van der Waals surface area (Å²) in [5.41, 5.74) is 2.13. The molecule has 0 unspecified atom stereocenters. The number of ether oxygens (including phenoxy) is 2. The van der Waals surface area contributed by atoms with Crippen molar-refractivity contribution < 1.29 is 19.1 Å². The van der Waals surface area contributed by atoms with Crippen LogP contribution in [0.5, 0.6) is 11.5 Å². The van der Waals surface area contributed by atoms with Gasteiger partial charge in [0.25, 0.3) is 0 Å². The molecule has 0 aromatic heterocycles. The van der Waals surface area contributed by atoms with E-state index in [2.05, 4.69) is 15.9 Å². The maximum atomic E-state index is 12.6. The Balaban J connectivity index is 1.80. The highest BCUT2D eigenvalue weighted by atomic mass is 79.9. The highest BCUT2D eigenvalue weighted by Crippen LogP contribution is 2.37. The zero-order chi connectivity index (χ0) is 20.1. The van der Waals surface area contributed by atoms with E-state index in [0.717, 1.165) is 22.1 Å². The summed E-state index contributed by atoms with van der Waals surface area (Å²) in [6.07, 6.45) is 4.67. The summed E-state index contributed by atoms with van der Waals surface area (Å²) < 4.78 is 11.7. The van der Waals surface area contributed by atoms with Gasteiger partial charge in [0.1, 0.15) is 0 Å². The Hall–Kier alpha value is -2.60. The van der Waals surface area contributed by atoms with Gasteiger partial charge in [0.05, 0.1) is 18.2 Å². The fourth-order valence-corrected chi connectivity index (χ4v) is 3.71. The fourth-order valence-electron chi connectivity index (χ4n) is 3.14. The van der Waals surface area contributed by atoms with Gasteiger partial charge in [0.2, 0.25) is 5.91 Å². The molecule has 0 bridgehead atoms. The number of halogens is 1. The lowest BCUT2D eigenvalue weighted by Gasteiger charge is -2.16. The van der Waals surface area contributed by atoms with Gasteiger partial charge in [-0.05, 0) is 65.2 Å². The lowest BCUT2D eigenvalue weighted by molar-refractivity contribution is -0.117. The summed E-state index contributed by atoms with van der Waals surface area (Å²) in [7, 11) is 1.58. The highest BCUT2D eigenvalue weighted by molar-refractivity contribution is 9.10. The van der Waals surface area contributed by atoms with E-state index >= 15 is 0 Å². The molecule has 0 saturated carbocycles. The molecule has 28 heavy (non-hydrogen) atoms. The van der Waals surface area contributed by atoms with E-state index in [9.17, 15) is 9.59 Å². The summed E-state index contributed by atoms with van der Waals surface area (Å²) in [4.78, 5) is 26.3. The number of hydrogen-bond acceptors (Lipinski definition) is 4. The highest BCUT2D eigenvalue weighted by Gasteiger charge is 2.22. The number of nitrogens with zero attached hydrogens (tertiary/aromatic N) is 1. The van der Waals surface area contributed by atoms with E-state index in [1.54, 1.807) is 36.3 Å². The van der Waals surface area contributed by atoms with Crippen molar-refractivity contribution in [3.8, 4) is 11.5 Å². The second-order valence-corrected chi connectivity index (χ2v) is 7.22. The third-order valence-electron chi connectivity index (χ3n) is 4.48. The summed E-state index contributed by atoms with van der Waals surface area (Å²) in [6, 6.07) is 10.9. The molecule has 0 spiro atoms. The average molecular weight is 444 g/mol. The van der Waals surface area contributed by atoms with Crippen LogP contribution in [0.15, 0.2) is 46.9 Å². The van der Waals surface area contributed by atoms with Crippen molar-refractivity contribution in [2.75, 3.05) is 25.2 Å². The molecule has 1 aliphatic rings. The topological polar surface area (TPSA) is 55.8 Å². The average Bonchev–Trinajstić information content (AvgIpc) is 3.13. The lowest BCUT2D eigenvalue weighted by atomic mass is 10.1. The molecule has 3 rings (SSSR count). The van der Waals surface area contributed by atoms with Crippen LogP contribution in [0, 0.1) is 0 Å². The van der Waals surface area contributed by atoms with Crippen LogP contribution in [0.3, 0.4) is 0 Å². The van der Waals surface area contributed by atoms with Gasteiger partial charge in [-0.1, -0.05) is 18.2 Å². The first-order valence-electron chi connectivity index (χ1n) is 9.16. The van der Waals surface area contributed by atoms with Gasteiger partial charge in [-0.15, -0.1) is 0 Å². The zero-order valence-corrected chi connectivity index (χ0v) is 17.5. The van der Waals surface area contributed by atoms with Crippen LogP contribution in [0.25, 0.3) is 6.08 Å². The van der Waals surface area contributed by atoms with Crippen molar-refractivity contribution in [2.45, 2.75) is 19.8 Å². The Labute approximate surface area is 173 Å². The Kier molecular flexibility index (Phi) is 6.52. The van der Waals surface area contributed by atoms with Gasteiger partial charge in [-0.2, -0.15) is 0 Å². The van der Waals surface area contributed by atoms with Crippen LogP contribution in [0.4, 0.5) is 5.69 Å². The van der Waals surface area contributed by atoms with Gasteiger partial charge >= 0.3 is 0 Å². The molecule has 1 heterocycles. The number of carbonyl (C=O) groups excluding carboxylic acids is 2. The predicted octanol–water partition coefficient (Wildman–Crippen LogP) is 4.88. The number of methoxy groups -OCH3 is 1. The number of hydrogen-bond donors (Lipinski definition) is 0. The van der Waals surface area contributed by atoms with E-state index in [1.807, 2.05) is 25.1 Å². The largest absolute Gasteiger partial charge is 0.493 e. The molecule has 1 fully saturated rings. The van der Waals surface area contributed by atoms with Crippen molar-refractivity contribution in [3.63, 3.8) is 0 Å². The van der Waals surface area contributed by atoms with E-state index in [0.29, 0.717) is 36.6 Å².